The Morgan fingerprint density at radius 3 is 2.27 bits per heavy atom. The number of unbranched alkanes of at least 4 members (excludes halogenated alkanes) is 2. The van der Waals surface area contributed by atoms with Crippen LogP contribution in [0.15, 0.2) is 30.3 Å². The molecule has 1 aromatic rings. The number of benzene rings is 1. The van der Waals surface area contributed by atoms with Crippen LogP contribution < -0.4 is 0 Å². The number of rotatable bonds is 5. The first-order valence-corrected chi connectivity index (χ1v) is 6.02. The van der Waals surface area contributed by atoms with Crippen molar-refractivity contribution in [3.63, 3.8) is 0 Å². The average molecular weight is 221 g/mol. The van der Waals surface area contributed by atoms with Gasteiger partial charge in [0.15, 0.2) is 0 Å². The van der Waals surface area contributed by atoms with Gasteiger partial charge in [0, 0.05) is 18.7 Å². The molecule has 0 N–H and O–H groups in total. The molecule has 1 aromatic carbocycles. The molecule has 0 fully saturated rings. The minimum atomic E-state index is 0.721. The summed E-state index contributed by atoms with van der Waals surface area (Å²) in [4.78, 5) is 0. The van der Waals surface area contributed by atoms with Gasteiger partial charge in [-0.1, -0.05) is 30.3 Å². The summed E-state index contributed by atoms with van der Waals surface area (Å²) in [6.45, 7) is 0. The van der Waals surface area contributed by atoms with E-state index in [0.717, 1.165) is 38.0 Å². The number of aryl methyl sites for hydroxylation is 1. The van der Waals surface area contributed by atoms with Gasteiger partial charge in [0.25, 0.3) is 0 Å². The summed E-state index contributed by atoms with van der Waals surface area (Å²) in [6.07, 6.45) is 5.22. The Morgan fingerprint density at radius 2 is 1.60 bits per heavy atom. The molecule has 0 radical (unpaired) electrons. The van der Waals surface area contributed by atoms with Crippen LogP contribution in [0.1, 0.15) is 31.2 Å². The van der Waals surface area contributed by atoms with Crippen LogP contribution in [0.2, 0.25) is 0 Å². The highest BCUT2D eigenvalue weighted by molar-refractivity contribution is 6.17. The molecule has 0 saturated carbocycles. The van der Waals surface area contributed by atoms with Crippen LogP contribution in [0.25, 0.3) is 0 Å². The van der Waals surface area contributed by atoms with E-state index >= 15 is 0 Å². The maximum absolute atomic E-state index is 5.55. The summed E-state index contributed by atoms with van der Waals surface area (Å²) in [7, 11) is 0. The van der Waals surface area contributed by atoms with Gasteiger partial charge in [-0.15, -0.1) is 23.4 Å². The summed E-state index contributed by atoms with van der Waals surface area (Å²) in [5.74, 6) is 7.04. The van der Waals surface area contributed by atoms with Crippen molar-refractivity contribution in [1.29, 1.82) is 0 Å². The fourth-order valence-corrected chi connectivity index (χ4v) is 1.49. The van der Waals surface area contributed by atoms with Crippen molar-refractivity contribution in [2.45, 2.75) is 32.1 Å². The van der Waals surface area contributed by atoms with Gasteiger partial charge in [0.1, 0.15) is 0 Å². The molecule has 0 spiro atoms. The zero-order valence-corrected chi connectivity index (χ0v) is 9.76. The van der Waals surface area contributed by atoms with Gasteiger partial charge in [0.05, 0.1) is 0 Å². The van der Waals surface area contributed by atoms with Crippen LogP contribution >= 0.6 is 11.6 Å². The van der Waals surface area contributed by atoms with E-state index in [1.165, 1.54) is 5.56 Å². The van der Waals surface area contributed by atoms with Gasteiger partial charge in [-0.3, -0.25) is 0 Å². The van der Waals surface area contributed by atoms with Gasteiger partial charge in [-0.2, -0.15) is 0 Å². The third kappa shape index (κ3) is 6.20. The first kappa shape index (κ1) is 12.1. The lowest BCUT2D eigenvalue weighted by Crippen LogP contribution is -1.83. The highest BCUT2D eigenvalue weighted by Gasteiger charge is 1.89. The molecular formula is C14H17Cl. The van der Waals surface area contributed by atoms with Crippen LogP contribution in [-0.2, 0) is 6.42 Å². The standard InChI is InChI=1S/C14H17Cl/c15-13-9-4-2-1-3-6-10-14-11-7-5-8-12-14/h5,7-8,11-12H,3-4,6,9-10,13H2. The predicted molar refractivity (Wildman–Crippen MR) is 67.1 cm³/mol. The summed E-state index contributed by atoms with van der Waals surface area (Å²) < 4.78 is 0. The summed E-state index contributed by atoms with van der Waals surface area (Å²) in [6, 6.07) is 10.6. The molecule has 0 amide bonds. The lowest BCUT2D eigenvalue weighted by molar-refractivity contribution is 0.856. The van der Waals surface area contributed by atoms with E-state index in [1.807, 2.05) is 0 Å². The highest BCUT2D eigenvalue weighted by atomic mass is 35.5. The molecular weight excluding hydrogens is 204 g/mol. The molecule has 0 aromatic heterocycles. The highest BCUT2D eigenvalue weighted by Crippen LogP contribution is 2.03. The molecule has 0 aliphatic rings. The molecule has 0 heterocycles. The zero-order valence-electron chi connectivity index (χ0n) is 9.01. The molecule has 0 unspecified atom stereocenters. The van der Waals surface area contributed by atoms with Crippen molar-refractivity contribution in [3.8, 4) is 11.8 Å². The summed E-state index contributed by atoms with van der Waals surface area (Å²) >= 11 is 5.55. The zero-order chi connectivity index (χ0) is 10.8. The lowest BCUT2D eigenvalue weighted by atomic mass is 10.1. The molecule has 0 saturated heterocycles. The van der Waals surface area contributed by atoms with E-state index < -0.39 is 0 Å². The maximum Gasteiger partial charge on any atom is 0.0232 e. The fraction of sp³-hybridized carbons (Fsp3) is 0.429. The predicted octanol–water partition coefficient (Wildman–Crippen LogP) is 4.03. The van der Waals surface area contributed by atoms with Gasteiger partial charge in [-0.25, -0.2) is 0 Å². The number of hydrogen-bond donors (Lipinski definition) is 0. The van der Waals surface area contributed by atoms with Gasteiger partial charge >= 0.3 is 0 Å². The topological polar surface area (TPSA) is 0 Å². The lowest BCUT2D eigenvalue weighted by Gasteiger charge is -1.96. The largest absolute Gasteiger partial charge is 0.127 e. The molecule has 0 aliphatic heterocycles. The van der Waals surface area contributed by atoms with E-state index in [9.17, 15) is 0 Å². The SMILES string of the molecule is ClCCCC#CCCCc1ccccc1. The van der Waals surface area contributed by atoms with Crippen molar-refractivity contribution in [2.24, 2.45) is 0 Å². The summed E-state index contributed by atoms with van der Waals surface area (Å²) in [5, 5.41) is 0. The van der Waals surface area contributed by atoms with Crippen molar-refractivity contribution in [2.75, 3.05) is 5.88 Å². The molecule has 1 heteroatoms. The minimum Gasteiger partial charge on any atom is -0.127 e. The van der Waals surface area contributed by atoms with Gasteiger partial charge in [-0.05, 0) is 24.8 Å². The molecule has 15 heavy (non-hydrogen) atoms. The third-order valence-corrected chi connectivity index (χ3v) is 2.44. The second kappa shape index (κ2) is 8.38. The van der Waals surface area contributed by atoms with E-state index in [4.69, 9.17) is 11.6 Å². The van der Waals surface area contributed by atoms with E-state index in [2.05, 4.69) is 42.2 Å². The number of hydrogen-bond acceptors (Lipinski definition) is 0. The van der Waals surface area contributed by atoms with Crippen molar-refractivity contribution in [1.82, 2.24) is 0 Å². The molecule has 80 valence electrons. The fourth-order valence-electron chi connectivity index (χ4n) is 1.36. The molecule has 1 rings (SSSR count). The monoisotopic (exact) mass is 220 g/mol. The Bertz CT molecular complexity index is 305. The second-order valence-electron chi connectivity index (χ2n) is 3.49. The Kier molecular flexibility index (Phi) is 6.79. The minimum absolute atomic E-state index is 0.721. The normalized spacial score (nSPS) is 9.40. The van der Waals surface area contributed by atoms with Crippen LogP contribution in [0, 0.1) is 11.8 Å². The van der Waals surface area contributed by atoms with Crippen molar-refractivity contribution in [3.05, 3.63) is 35.9 Å². The van der Waals surface area contributed by atoms with Crippen molar-refractivity contribution < 1.29 is 0 Å². The second-order valence-corrected chi connectivity index (χ2v) is 3.86. The Labute approximate surface area is 97.7 Å². The van der Waals surface area contributed by atoms with Gasteiger partial charge in [0.2, 0.25) is 0 Å². The van der Waals surface area contributed by atoms with E-state index in [1.54, 1.807) is 0 Å². The van der Waals surface area contributed by atoms with Gasteiger partial charge < -0.3 is 0 Å². The first-order valence-electron chi connectivity index (χ1n) is 5.49. The van der Waals surface area contributed by atoms with E-state index in [0.29, 0.717) is 0 Å². The number of halogens is 1. The Morgan fingerprint density at radius 1 is 0.933 bits per heavy atom. The van der Waals surface area contributed by atoms with E-state index in [-0.39, 0.29) is 0 Å². The van der Waals surface area contributed by atoms with Crippen LogP contribution in [0.5, 0.6) is 0 Å². The van der Waals surface area contributed by atoms with Crippen LogP contribution in [-0.4, -0.2) is 5.88 Å². The molecule has 0 bridgehead atoms. The van der Waals surface area contributed by atoms with Crippen LogP contribution in [0.3, 0.4) is 0 Å². The average Bonchev–Trinajstić information content (AvgIpc) is 2.29. The molecule has 0 atom stereocenters. The van der Waals surface area contributed by atoms with Crippen molar-refractivity contribution >= 4 is 11.6 Å². The third-order valence-electron chi connectivity index (χ3n) is 2.17. The summed E-state index contributed by atoms with van der Waals surface area (Å²) in [5.41, 5.74) is 1.40. The maximum atomic E-state index is 5.55. The first-order chi connectivity index (χ1) is 7.43. The molecule has 0 nitrogen and oxygen atoms in total. The smallest absolute Gasteiger partial charge is 0.0232 e. The number of alkyl halides is 1. The molecule has 0 aliphatic carbocycles. The Balaban J connectivity index is 2.08. The van der Waals surface area contributed by atoms with Crippen LogP contribution in [0.4, 0.5) is 0 Å². The quantitative estimate of drug-likeness (QED) is 0.399. The Hall–Kier alpha value is -0.930.